The van der Waals surface area contributed by atoms with Gasteiger partial charge in [-0.3, -0.25) is 9.79 Å². The Bertz CT molecular complexity index is 460. The molecule has 0 aromatic carbocycles. The van der Waals surface area contributed by atoms with Gasteiger partial charge in [0.2, 0.25) is 5.91 Å². The van der Waals surface area contributed by atoms with Gasteiger partial charge in [0, 0.05) is 19.1 Å². The van der Waals surface area contributed by atoms with E-state index >= 15 is 0 Å². The number of nitrogens with zero attached hydrogens (tertiary/aromatic N) is 2. The van der Waals surface area contributed by atoms with Crippen LogP contribution >= 0.6 is 0 Å². The number of allylic oxidation sites excluding steroid dienone is 1. The Morgan fingerprint density at radius 2 is 1.88 bits per heavy atom. The number of amidine groups is 1. The topological polar surface area (TPSA) is 58.7 Å². The van der Waals surface area contributed by atoms with E-state index < -0.39 is 5.41 Å². The molecule has 1 aliphatic carbocycles. The molecule has 0 saturated heterocycles. The standard InChI is InChI=1S/C20H37N3O/c1-6-12-16(7-2)18(22-8-3)23(15-20(4,5)19(21)24)17-13-10-9-11-14-17/h7,17H,6,8-15H2,1-5H3,(H2,21,24)/b16-7-,22-18?. The number of hydrogen-bond acceptors (Lipinski definition) is 2. The minimum atomic E-state index is -0.559. The van der Waals surface area contributed by atoms with Gasteiger partial charge < -0.3 is 10.6 Å². The summed E-state index contributed by atoms with van der Waals surface area (Å²) in [5.74, 6) is 0.847. The molecule has 0 heterocycles. The van der Waals surface area contributed by atoms with E-state index in [9.17, 15) is 4.79 Å². The van der Waals surface area contributed by atoms with Crippen LogP contribution in [0.1, 0.15) is 79.6 Å². The Morgan fingerprint density at radius 1 is 1.25 bits per heavy atom. The molecule has 2 N–H and O–H groups in total. The second-order valence-corrected chi connectivity index (χ2v) is 7.53. The Balaban J connectivity index is 3.20. The largest absolute Gasteiger partial charge is 0.369 e. The van der Waals surface area contributed by atoms with Gasteiger partial charge in [0.05, 0.1) is 5.41 Å². The number of hydrogen-bond donors (Lipinski definition) is 1. The Morgan fingerprint density at radius 3 is 2.33 bits per heavy atom. The van der Waals surface area contributed by atoms with Crippen molar-refractivity contribution in [3.05, 3.63) is 11.6 Å². The van der Waals surface area contributed by atoms with Crippen LogP contribution < -0.4 is 5.73 Å². The molecular weight excluding hydrogens is 298 g/mol. The van der Waals surface area contributed by atoms with Crippen LogP contribution in [0.4, 0.5) is 0 Å². The zero-order valence-electron chi connectivity index (χ0n) is 16.4. The van der Waals surface area contributed by atoms with E-state index in [1.165, 1.54) is 37.7 Å². The van der Waals surface area contributed by atoms with Crippen molar-refractivity contribution in [1.82, 2.24) is 4.90 Å². The molecule has 0 radical (unpaired) electrons. The summed E-state index contributed by atoms with van der Waals surface area (Å²) < 4.78 is 0. The maximum atomic E-state index is 11.9. The van der Waals surface area contributed by atoms with Gasteiger partial charge in [-0.2, -0.15) is 0 Å². The number of carbonyl (C=O) groups is 1. The lowest BCUT2D eigenvalue weighted by molar-refractivity contribution is -0.126. The zero-order valence-corrected chi connectivity index (χ0v) is 16.4. The summed E-state index contributed by atoms with van der Waals surface area (Å²) in [6.45, 7) is 11.7. The van der Waals surface area contributed by atoms with Crippen LogP contribution in [0, 0.1) is 5.41 Å². The molecule has 1 rings (SSSR count). The summed E-state index contributed by atoms with van der Waals surface area (Å²) >= 11 is 0. The number of aliphatic imine (C=N–C) groups is 1. The maximum Gasteiger partial charge on any atom is 0.224 e. The molecule has 24 heavy (non-hydrogen) atoms. The highest BCUT2D eigenvalue weighted by Gasteiger charge is 2.34. The van der Waals surface area contributed by atoms with Crippen molar-refractivity contribution in [3.8, 4) is 0 Å². The molecule has 0 atom stereocenters. The number of rotatable bonds is 8. The Labute approximate surface area is 148 Å². The molecule has 0 aliphatic heterocycles. The van der Waals surface area contributed by atoms with Crippen LogP contribution in [0.2, 0.25) is 0 Å². The lowest BCUT2D eigenvalue weighted by Crippen LogP contribution is -2.50. The van der Waals surface area contributed by atoms with E-state index in [1.54, 1.807) is 0 Å². The van der Waals surface area contributed by atoms with Gasteiger partial charge in [-0.15, -0.1) is 0 Å². The van der Waals surface area contributed by atoms with Crippen LogP contribution in [-0.4, -0.2) is 35.8 Å². The molecule has 0 unspecified atom stereocenters. The highest BCUT2D eigenvalue weighted by Crippen LogP contribution is 2.29. The van der Waals surface area contributed by atoms with Crippen molar-refractivity contribution in [2.75, 3.05) is 13.1 Å². The van der Waals surface area contributed by atoms with Gasteiger partial charge in [0.1, 0.15) is 5.84 Å². The van der Waals surface area contributed by atoms with Crippen LogP contribution in [0.5, 0.6) is 0 Å². The summed E-state index contributed by atoms with van der Waals surface area (Å²) in [6.07, 6.45) is 10.5. The van der Waals surface area contributed by atoms with Gasteiger partial charge in [-0.25, -0.2) is 0 Å². The first-order valence-electron chi connectivity index (χ1n) is 9.63. The van der Waals surface area contributed by atoms with Gasteiger partial charge in [0.15, 0.2) is 0 Å². The van der Waals surface area contributed by atoms with Crippen LogP contribution in [0.25, 0.3) is 0 Å². The molecule has 0 aromatic heterocycles. The molecule has 0 aromatic rings. The van der Waals surface area contributed by atoms with Gasteiger partial charge >= 0.3 is 0 Å². The fourth-order valence-electron chi connectivity index (χ4n) is 3.45. The lowest BCUT2D eigenvalue weighted by atomic mass is 9.87. The van der Waals surface area contributed by atoms with E-state index in [0.29, 0.717) is 12.6 Å². The molecule has 4 nitrogen and oxygen atoms in total. The van der Waals surface area contributed by atoms with Crippen molar-refractivity contribution in [2.24, 2.45) is 16.1 Å². The van der Waals surface area contributed by atoms with Gasteiger partial charge in [-0.05, 0) is 52.5 Å². The molecule has 4 heteroatoms. The minimum absolute atomic E-state index is 0.239. The summed E-state index contributed by atoms with van der Waals surface area (Å²) in [6, 6.07) is 0.467. The van der Waals surface area contributed by atoms with E-state index in [1.807, 2.05) is 13.8 Å². The highest BCUT2D eigenvalue weighted by atomic mass is 16.1. The van der Waals surface area contributed by atoms with Crippen LogP contribution in [0.3, 0.4) is 0 Å². The first-order chi connectivity index (χ1) is 11.4. The predicted molar refractivity (Wildman–Crippen MR) is 103 cm³/mol. The quantitative estimate of drug-likeness (QED) is 0.531. The second-order valence-electron chi connectivity index (χ2n) is 7.53. The smallest absolute Gasteiger partial charge is 0.224 e. The molecule has 1 aliphatic rings. The summed E-state index contributed by atoms with van der Waals surface area (Å²) in [4.78, 5) is 19.2. The Kier molecular flexibility index (Phi) is 8.51. The van der Waals surface area contributed by atoms with Gasteiger partial charge in [0.25, 0.3) is 0 Å². The highest BCUT2D eigenvalue weighted by molar-refractivity contribution is 5.98. The third kappa shape index (κ3) is 5.64. The Hall–Kier alpha value is -1.32. The second kappa shape index (κ2) is 9.85. The van der Waals surface area contributed by atoms with Crippen molar-refractivity contribution in [1.29, 1.82) is 0 Å². The minimum Gasteiger partial charge on any atom is -0.369 e. The van der Waals surface area contributed by atoms with Crippen molar-refractivity contribution in [3.63, 3.8) is 0 Å². The predicted octanol–water partition coefficient (Wildman–Crippen LogP) is 4.30. The fourth-order valence-corrected chi connectivity index (χ4v) is 3.45. The SMILES string of the molecule is C/C=C(/CCC)C(=NCC)N(CC(C)(C)C(N)=O)C1CCCCC1. The first kappa shape index (κ1) is 20.7. The number of nitrogens with two attached hydrogens (primary N) is 1. The monoisotopic (exact) mass is 335 g/mol. The molecule has 138 valence electrons. The third-order valence-corrected chi connectivity index (χ3v) is 4.98. The van der Waals surface area contributed by atoms with Crippen LogP contribution in [0.15, 0.2) is 16.6 Å². The van der Waals surface area contributed by atoms with Crippen molar-refractivity contribution < 1.29 is 4.79 Å². The summed E-state index contributed by atoms with van der Waals surface area (Å²) in [5.41, 5.74) is 6.41. The van der Waals surface area contributed by atoms with Crippen molar-refractivity contribution in [2.45, 2.75) is 85.6 Å². The normalized spacial score (nSPS) is 17.9. The van der Waals surface area contributed by atoms with E-state index in [0.717, 1.165) is 25.2 Å². The molecule has 0 spiro atoms. The maximum absolute atomic E-state index is 11.9. The van der Waals surface area contributed by atoms with E-state index in [2.05, 4.69) is 31.7 Å². The van der Waals surface area contributed by atoms with E-state index in [4.69, 9.17) is 10.7 Å². The van der Waals surface area contributed by atoms with Crippen molar-refractivity contribution >= 4 is 11.7 Å². The fraction of sp³-hybridized carbons (Fsp3) is 0.800. The molecule has 1 amide bonds. The lowest BCUT2D eigenvalue weighted by Gasteiger charge is -2.41. The molecule has 1 saturated carbocycles. The molecule has 0 bridgehead atoms. The van der Waals surface area contributed by atoms with E-state index in [-0.39, 0.29) is 5.91 Å². The van der Waals surface area contributed by atoms with Gasteiger partial charge in [-0.1, -0.05) is 38.7 Å². The number of carbonyl (C=O) groups excluding carboxylic acids is 1. The summed E-state index contributed by atoms with van der Waals surface area (Å²) in [7, 11) is 0. The first-order valence-corrected chi connectivity index (χ1v) is 9.63. The van der Waals surface area contributed by atoms with Crippen LogP contribution in [-0.2, 0) is 4.79 Å². The average molecular weight is 336 g/mol. The number of primary amides is 1. The third-order valence-electron chi connectivity index (χ3n) is 4.98. The molecule has 1 fully saturated rings. The summed E-state index contributed by atoms with van der Waals surface area (Å²) in [5, 5.41) is 0. The zero-order chi connectivity index (χ0) is 18.2. The molecular formula is C20H37N3O. The number of amides is 1. The average Bonchev–Trinajstić information content (AvgIpc) is 2.56.